The van der Waals surface area contributed by atoms with Crippen LogP contribution in [-0.4, -0.2) is 50.7 Å². The molecule has 0 spiro atoms. The Kier molecular flexibility index (Phi) is 7.49. The second-order valence-electron chi connectivity index (χ2n) is 7.43. The van der Waals surface area contributed by atoms with Crippen LogP contribution in [0, 0.1) is 5.92 Å². The highest BCUT2D eigenvalue weighted by atomic mass is 16.5. The van der Waals surface area contributed by atoms with E-state index < -0.39 is 0 Å². The van der Waals surface area contributed by atoms with Gasteiger partial charge in [0.1, 0.15) is 0 Å². The standard InChI is InChI=1S/C23H31N3O3/c1-3-25-23(27)16-29-21-10-9-17(11-22(21)28-2)13-26-14-19(12-24)20(15-26)18-7-5-4-6-8-18/h4-11,19-20H,3,12-16,24H2,1-2H3,(H,25,27)/t19-,20+/m1/s1. The Morgan fingerprint density at radius 1 is 1.17 bits per heavy atom. The summed E-state index contributed by atoms with van der Waals surface area (Å²) in [5.74, 6) is 1.99. The van der Waals surface area contributed by atoms with Crippen LogP contribution in [-0.2, 0) is 11.3 Å². The molecular weight excluding hydrogens is 366 g/mol. The monoisotopic (exact) mass is 397 g/mol. The number of nitrogens with one attached hydrogen (secondary N) is 1. The number of rotatable bonds is 9. The van der Waals surface area contributed by atoms with Gasteiger partial charge in [-0.1, -0.05) is 36.4 Å². The third kappa shape index (κ3) is 5.49. The Bertz CT molecular complexity index is 797. The average Bonchev–Trinajstić information content (AvgIpc) is 3.16. The first-order chi connectivity index (χ1) is 14.1. The first-order valence-electron chi connectivity index (χ1n) is 10.2. The van der Waals surface area contributed by atoms with E-state index in [0.29, 0.717) is 36.4 Å². The molecule has 0 aliphatic carbocycles. The van der Waals surface area contributed by atoms with Gasteiger partial charge in [-0.25, -0.2) is 0 Å². The van der Waals surface area contributed by atoms with Crippen molar-refractivity contribution in [2.45, 2.75) is 19.4 Å². The molecule has 1 heterocycles. The van der Waals surface area contributed by atoms with Crippen LogP contribution in [0.5, 0.6) is 11.5 Å². The molecule has 1 saturated heterocycles. The van der Waals surface area contributed by atoms with Crippen LogP contribution >= 0.6 is 0 Å². The summed E-state index contributed by atoms with van der Waals surface area (Å²) in [5.41, 5.74) is 8.57. The number of methoxy groups -OCH3 is 1. The van der Waals surface area contributed by atoms with E-state index in [1.54, 1.807) is 7.11 Å². The van der Waals surface area contributed by atoms with E-state index in [2.05, 4.69) is 40.5 Å². The summed E-state index contributed by atoms with van der Waals surface area (Å²) in [4.78, 5) is 14.1. The van der Waals surface area contributed by atoms with E-state index in [9.17, 15) is 4.79 Å². The molecule has 2 atom stereocenters. The molecule has 3 rings (SSSR count). The van der Waals surface area contributed by atoms with Crippen molar-refractivity contribution in [1.29, 1.82) is 0 Å². The lowest BCUT2D eigenvalue weighted by Crippen LogP contribution is -2.28. The minimum atomic E-state index is -0.143. The minimum Gasteiger partial charge on any atom is -0.493 e. The van der Waals surface area contributed by atoms with Gasteiger partial charge in [0, 0.05) is 32.1 Å². The lowest BCUT2D eigenvalue weighted by atomic mass is 9.89. The molecule has 0 unspecified atom stereocenters. The van der Waals surface area contributed by atoms with Gasteiger partial charge in [0.25, 0.3) is 5.91 Å². The number of likely N-dealkylation sites (tertiary alicyclic amines) is 1. The first-order valence-corrected chi connectivity index (χ1v) is 10.2. The minimum absolute atomic E-state index is 0.0212. The first kappa shape index (κ1) is 21.1. The maximum absolute atomic E-state index is 11.6. The van der Waals surface area contributed by atoms with Gasteiger partial charge in [-0.05, 0) is 42.6 Å². The van der Waals surface area contributed by atoms with Crippen molar-refractivity contribution in [3.8, 4) is 11.5 Å². The summed E-state index contributed by atoms with van der Waals surface area (Å²) in [6.45, 7) is 5.92. The van der Waals surface area contributed by atoms with E-state index in [-0.39, 0.29) is 12.5 Å². The number of carbonyl (C=O) groups is 1. The van der Waals surface area contributed by atoms with Gasteiger partial charge in [-0.2, -0.15) is 0 Å². The van der Waals surface area contributed by atoms with Crippen LogP contribution in [0.2, 0.25) is 0 Å². The fraction of sp³-hybridized carbons (Fsp3) is 0.435. The van der Waals surface area contributed by atoms with Crippen molar-refractivity contribution in [2.24, 2.45) is 11.7 Å². The van der Waals surface area contributed by atoms with Gasteiger partial charge >= 0.3 is 0 Å². The maximum atomic E-state index is 11.6. The normalized spacial score (nSPS) is 19.1. The smallest absolute Gasteiger partial charge is 0.257 e. The highest BCUT2D eigenvalue weighted by molar-refractivity contribution is 5.77. The average molecular weight is 398 g/mol. The summed E-state index contributed by atoms with van der Waals surface area (Å²) in [6.07, 6.45) is 0. The molecule has 2 aromatic rings. The predicted octanol–water partition coefficient (Wildman–Crippen LogP) is 2.38. The molecule has 0 radical (unpaired) electrons. The molecule has 1 aliphatic heterocycles. The zero-order chi connectivity index (χ0) is 20.6. The molecular formula is C23H31N3O3. The maximum Gasteiger partial charge on any atom is 0.257 e. The molecule has 29 heavy (non-hydrogen) atoms. The number of hydrogen-bond acceptors (Lipinski definition) is 5. The Hall–Kier alpha value is -2.57. The molecule has 0 bridgehead atoms. The van der Waals surface area contributed by atoms with Crippen LogP contribution in [0.1, 0.15) is 24.0 Å². The number of nitrogens with zero attached hydrogens (tertiary/aromatic N) is 1. The van der Waals surface area contributed by atoms with E-state index in [4.69, 9.17) is 15.2 Å². The summed E-state index contributed by atoms with van der Waals surface area (Å²) >= 11 is 0. The summed E-state index contributed by atoms with van der Waals surface area (Å²) in [6, 6.07) is 16.5. The Labute approximate surface area is 173 Å². The second-order valence-corrected chi connectivity index (χ2v) is 7.43. The fourth-order valence-electron chi connectivity index (χ4n) is 3.99. The van der Waals surface area contributed by atoms with Crippen LogP contribution in [0.3, 0.4) is 0 Å². The molecule has 0 aromatic heterocycles. The Morgan fingerprint density at radius 3 is 2.66 bits per heavy atom. The van der Waals surface area contributed by atoms with Gasteiger partial charge in [-0.15, -0.1) is 0 Å². The zero-order valence-corrected chi connectivity index (χ0v) is 17.3. The third-order valence-corrected chi connectivity index (χ3v) is 5.41. The lowest BCUT2D eigenvalue weighted by molar-refractivity contribution is -0.123. The number of ether oxygens (including phenoxy) is 2. The molecule has 3 N–H and O–H groups in total. The van der Waals surface area contributed by atoms with Crippen molar-refractivity contribution < 1.29 is 14.3 Å². The molecule has 1 fully saturated rings. The number of benzene rings is 2. The van der Waals surface area contributed by atoms with E-state index in [1.807, 2.05) is 25.1 Å². The number of hydrogen-bond donors (Lipinski definition) is 2. The largest absolute Gasteiger partial charge is 0.493 e. The van der Waals surface area contributed by atoms with Crippen molar-refractivity contribution >= 4 is 5.91 Å². The van der Waals surface area contributed by atoms with E-state index in [1.165, 1.54) is 5.56 Å². The van der Waals surface area contributed by atoms with Gasteiger partial charge < -0.3 is 20.5 Å². The van der Waals surface area contributed by atoms with Crippen LogP contribution in [0.15, 0.2) is 48.5 Å². The Morgan fingerprint density at radius 2 is 1.97 bits per heavy atom. The summed E-state index contributed by atoms with van der Waals surface area (Å²) in [7, 11) is 1.61. The molecule has 1 amide bonds. The number of likely N-dealkylation sites (N-methyl/N-ethyl adjacent to an activating group) is 1. The third-order valence-electron chi connectivity index (χ3n) is 5.41. The second kappa shape index (κ2) is 10.3. The highest BCUT2D eigenvalue weighted by Crippen LogP contribution is 2.34. The van der Waals surface area contributed by atoms with Crippen molar-refractivity contribution in [3.63, 3.8) is 0 Å². The van der Waals surface area contributed by atoms with Crippen molar-refractivity contribution in [3.05, 3.63) is 59.7 Å². The molecule has 1 aliphatic rings. The van der Waals surface area contributed by atoms with Crippen molar-refractivity contribution in [2.75, 3.05) is 39.9 Å². The van der Waals surface area contributed by atoms with Crippen molar-refractivity contribution in [1.82, 2.24) is 10.2 Å². The number of nitrogens with two attached hydrogens (primary N) is 1. The van der Waals surface area contributed by atoms with Gasteiger partial charge in [0.05, 0.1) is 7.11 Å². The molecule has 0 saturated carbocycles. The SMILES string of the molecule is CCNC(=O)COc1ccc(CN2C[C@@H](CN)[C@H](c3ccccc3)C2)cc1OC. The Balaban J connectivity index is 1.65. The summed E-state index contributed by atoms with van der Waals surface area (Å²) in [5, 5.41) is 2.72. The molecule has 2 aromatic carbocycles. The van der Waals surface area contributed by atoms with Gasteiger partial charge in [-0.3, -0.25) is 9.69 Å². The van der Waals surface area contributed by atoms with E-state index >= 15 is 0 Å². The lowest BCUT2D eigenvalue weighted by Gasteiger charge is -2.18. The quantitative estimate of drug-likeness (QED) is 0.679. The van der Waals surface area contributed by atoms with Crippen LogP contribution < -0.4 is 20.5 Å². The topological polar surface area (TPSA) is 76.8 Å². The van der Waals surface area contributed by atoms with Gasteiger partial charge in [0.2, 0.25) is 0 Å². The predicted molar refractivity (Wildman–Crippen MR) is 114 cm³/mol. The number of amides is 1. The molecule has 6 nitrogen and oxygen atoms in total. The fourth-order valence-corrected chi connectivity index (χ4v) is 3.99. The molecule has 6 heteroatoms. The van der Waals surface area contributed by atoms with E-state index in [0.717, 1.165) is 25.2 Å². The van der Waals surface area contributed by atoms with Crippen LogP contribution in [0.25, 0.3) is 0 Å². The number of carbonyl (C=O) groups excluding carboxylic acids is 1. The summed E-state index contributed by atoms with van der Waals surface area (Å²) < 4.78 is 11.1. The highest BCUT2D eigenvalue weighted by Gasteiger charge is 2.32. The van der Waals surface area contributed by atoms with Crippen LogP contribution in [0.4, 0.5) is 0 Å². The molecule has 156 valence electrons. The van der Waals surface area contributed by atoms with Gasteiger partial charge in [0.15, 0.2) is 18.1 Å². The zero-order valence-electron chi connectivity index (χ0n) is 17.3.